The first-order valence-electron chi connectivity index (χ1n) is 7.58. The molecule has 0 aliphatic carbocycles. The van der Waals surface area contributed by atoms with Crippen molar-refractivity contribution < 1.29 is 5.11 Å². The van der Waals surface area contributed by atoms with Crippen molar-refractivity contribution in [1.82, 2.24) is 4.90 Å². The summed E-state index contributed by atoms with van der Waals surface area (Å²) in [6, 6.07) is 20.9. The zero-order valence-electron chi connectivity index (χ0n) is 12.9. The molecule has 112 valence electrons. The normalized spacial score (nSPS) is 14.1. The fraction of sp³-hybridized carbons (Fsp3) is 0.368. The van der Waals surface area contributed by atoms with Crippen molar-refractivity contribution in [3.8, 4) is 0 Å². The maximum atomic E-state index is 9.96. The highest BCUT2D eigenvalue weighted by molar-refractivity contribution is 5.28. The van der Waals surface area contributed by atoms with E-state index < -0.39 is 0 Å². The predicted molar refractivity (Wildman–Crippen MR) is 88.6 cm³/mol. The van der Waals surface area contributed by atoms with Gasteiger partial charge in [0.15, 0.2) is 0 Å². The molecule has 0 saturated carbocycles. The second-order valence-corrected chi connectivity index (χ2v) is 5.81. The molecule has 2 rings (SSSR count). The largest absolute Gasteiger partial charge is 0.396 e. The second kappa shape index (κ2) is 7.96. The Morgan fingerprint density at radius 1 is 0.810 bits per heavy atom. The molecule has 0 aliphatic heterocycles. The number of hydrogen-bond donors (Lipinski definition) is 1. The number of rotatable bonds is 7. The van der Waals surface area contributed by atoms with Crippen LogP contribution in [0.5, 0.6) is 0 Å². The van der Waals surface area contributed by atoms with Gasteiger partial charge in [0, 0.05) is 5.92 Å². The lowest BCUT2D eigenvalue weighted by molar-refractivity contribution is 0.237. The number of nitrogens with zero attached hydrogens (tertiary/aromatic N) is 1. The van der Waals surface area contributed by atoms with Crippen LogP contribution in [0.15, 0.2) is 60.7 Å². The second-order valence-electron chi connectivity index (χ2n) is 5.81. The van der Waals surface area contributed by atoms with E-state index in [4.69, 9.17) is 0 Å². The smallest absolute Gasteiger partial charge is 0.0505 e. The molecular weight excluding hydrogens is 258 g/mol. The Balaban J connectivity index is 2.28. The molecule has 0 saturated heterocycles. The van der Waals surface area contributed by atoms with Gasteiger partial charge in [-0.3, -0.25) is 0 Å². The van der Waals surface area contributed by atoms with E-state index in [-0.39, 0.29) is 12.5 Å². The molecule has 0 fully saturated rings. The Morgan fingerprint density at radius 3 is 1.71 bits per heavy atom. The zero-order valence-corrected chi connectivity index (χ0v) is 12.9. The van der Waals surface area contributed by atoms with Crippen molar-refractivity contribution in [3.05, 3.63) is 71.8 Å². The van der Waals surface area contributed by atoms with Gasteiger partial charge in [0.25, 0.3) is 0 Å². The quantitative estimate of drug-likeness (QED) is 0.840. The van der Waals surface area contributed by atoms with Crippen LogP contribution >= 0.6 is 0 Å². The first-order chi connectivity index (χ1) is 10.2. The van der Waals surface area contributed by atoms with Crippen LogP contribution in [0, 0.1) is 0 Å². The summed E-state index contributed by atoms with van der Waals surface area (Å²) in [7, 11) is 4.19. The van der Waals surface area contributed by atoms with Crippen molar-refractivity contribution in [2.24, 2.45) is 0 Å². The molecule has 0 radical (unpaired) electrons. The number of aliphatic hydroxyl groups is 1. The Hall–Kier alpha value is -1.64. The first-order valence-corrected chi connectivity index (χ1v) is 7.58. The topological polar surface area (TPSA) is 23.5 Å². The number of benzene rings is 2. The summed E-state index contributed by atoms with van der Waals surface area (Å²) in [6.45, 7) is 1.19. The molecule has 0 spiro atoms. The van der Waals surface area contributed by atoms with Gasteiger partial charge in [-0.15, -0.1) is 0 Å². The fourth-order valence-electron chi connectivity index (χ4n) is 2.86. The van der Waals surface area contributed by atoms with Gasteiger partial charge in [-0.2, -0.15) is 0 Å². The maximum absolute atomic E-state index is 9.96. The summed E-state index contributed by atoms with van der Waals surface area (Å²) in [5.41, 5.74) is 2.52. The molecule has 0 amide bonds. The molecule has 2 atom stereocenters. The van der Waals surface area contributed by atoms with E-state index in [2.05, 4.69) is 55.4 Å². The summed E-state index contributed by atoms with van der Waals surface area (Å²) < 4.78 is 0. The lowest BCUT2D eigenvalue weighted by Crippen LogP contribution is -2.21. The highest BCUT2D eigenvalue weighted by Gasteiger charge is 2.24. The van der Waals surface area contributed by atoms with Gasteiger partial charge in [0.05, 0.1) is 6.61 Å². The van der Waals surface area contributed by atoms with E-state index in [0.717, 1.165) is 13.0 Å². The average Bonchev–Trinajstić information content (AvgIpc) is 2.53. The van der Waals surface area contributed by atoms with E-state index in [1.165, 1.54) is 11.1 Å². The first kappa shape index (κ1) is 15.7. The molecule has 0 heterocycles. The van der Waals surface area contributed by atoms with Crippen molar-refractivity contribution in [1.29, 1.82) is 0 Å². The summed E-state index contributed by atoms with van der Waals surface area (Å²) in [4.78, 5) is 2.20. The molecule has 2 heteroatoms. The standard InChI is InChI=1S/C19H25NO/c1-20(2)14-13-18(16-9-5-3-6-10-16)19(15-21)17-11-7-4-8-12-17/h3-12,18-19,21H,13-15H2,1-2H3/t18-,19-/m1/s1. The molecule has 2 nitrogen and oxygen atoms in total. The van der Waals surface area contributed by atoms with Crippen molar-refractivity contribution in [2.75, 3.05) is 27.2 Å². The van der Waals surface area contributed by atoms with Crippen LogP contribution in [0.2, 0.25) is 0 Å². The third-order valence-corrected chi connectivity index (χ3v) is 4.03. The van der Waals surface area contributed by atoms with Crippen LogP contribution in [0.4, 0.5) is 0 Å². The van der Waals surface area contributed by atoms with Gasteiger partial charge in [-0.25, -0.2) is 0 Å². The van der Waals surface area contributed by atoms with Crippen molar-refractivity contribution >= 4 is 0 Å². The number of hydrogen-bond acceptors (Lipinski definition) is 2. The van der Waals surface area contributed by atoms with Crippen molar-refractivity contribution in [3.63, 3.8) is 0 Å². The van der Waals surface area contributed by atoms with E-state index in [9.17, 15) is 5.11 Å². The average molecular weight is 283 g/mol. The molecule has 0 unspecified atom stereocenters. The van der Waals surface area contributed by atoms with Gasteiger partial charge < -0.3 is 10.0 Å². The van der Waals surface area contributed by atoms with Crippen LogP contribution < -0.4 is 0 Å². The molecule has 1 N–H and O–H groups in total. The van der Waals surface area contributed by atoms with Gasteiger partial charge in [-0.05, 0) is 44.1 Å². The van der Waals surface area contributed by atoms with Gasteiger partial charge >= 0.3 is 0 Å². The van der Waals surface area contributed by atoms with E-state index in [0.29, 0.717) is 5.92 Å². The SMILES string of the molecule is CN(C)CC[C@H](c1ccccc1)[C@H](CO)c1ccccc1. The predicted octanol–water partition coefficient (Wildman–Crippen LogP) is 3.50. The van der Waals surface area contributed by atoms with Crippen LogP contribution in [0.1, 0.15) is 29.4 Å². The van der Waals surface area contributed by atoms with E-state index in [1.807, 2.05) is 24.3 Å². The molecule has 0 bridgehead atoms. The summed E-state index contributed by atoms with van der Waals surface area (Å²) in [5.74, 6) is 0.481. The summed E-state index contributed by atoms with van der Waals surface area (Å²) in [5, 5.41) is 9.96. The Labute approximate surface area is 128 Å². The van der Waals surface area contributed by atoms with Crippen LogP contribution in [-0.4, -0.2) is 37.3 Å². The highest BCUT2D eigenvalue weighted by atomic mass is 16.3. The molecular formula is C19H25NO. The molecule has 0 aliphatic rings. The molecule has 2 aromatic rings. The minimum Gasteiger partial charge on any atom is -0.396 e. The monoisotopic (exact) mass is 283 g/mol. The molecule has 21 heavy (non-hydrogen) atoms. The van der Waals surface area contributed by atoms with Crippen LogP contribution in [0.25, 0.3) is 0 Å². The third-order valence-electron chi connectivity index (χ3n) is 4.03. The minimum absolute atomic E-state index is 0.147. The minimum atomic E-state index is 0.147. The van der Waals surface area contributed by atoms with Crippen molar-refractivity contribution in [2.45, 2.75) is 18.3 Å². The lowest BCUT2D eigenvalue weighted by atomic mass is 9.80. The highest BCUT2D eigenvalue weighted by Crippen LogP contribution is 2.35. The van der Waals surface area contributed by atoms with Crippen LogP contribution in [-0.2, 0) is 0 Å². The Bertz CT molecular complexity index is 510. The van der Waals surface area contributed by atoms with E-state index in [1.54, 1.807) is 0 Å². The summed E-state index contributed by atoms with van der Waals surface area (Å²) >= 11 is 0. The zero-order chi connectivity index (χ0) is 15.1. The lowest BCUT2D eigenvalue weighted by Gasteiger charge is -2.28. The van der Waals surface area contributed by atoms with Gasteiger partial charge in [0.1, 0.15) is 0 Å². The van der Waals surface area contributed by atoms with Crippen LogP contribution in [0.3, 0.4) is 0 Å². The van der Waals surface area contributed by atoms with E-state index >= 15 is 0 Å². The Morgan fingerprint density at radius 2 is 1.29 bits per heavy atom. The molecule has 0 aromatic heterocycles. The maximum Gasteiger partial charge on any atom is 0.0505 e. The number of aliphatic hydroxyl groups excluding tert-OH is 1. The molecule has 2 aromatic carbocycles. The van der Waals surface area contributed by atoms with Gasteiger partial charge in [0.2, 0.25) is 0 Å². The summed E-state index contributed by atoms with van der Waals surface area (Å²) in [6.07, 6.45) is 1.04. The van der Waals surface area contributed by atoms with Gasteiger partial charge in [-0.1, -0.05) is 60.7 Å². The Kier molecular flexibility index (Phi) is 5.97. The third kappa shape index (κ3) is 4.42. The fourth-order valence-corrected chi connectivity index (χ4v) is 2.86.